The Morgan fingerprint density at radius 2 is 1.68 bits per heavy atom. The van der Waals surface area contributed by atoms with Crippen LogP contribution in [0.15, 0.2) is 46.7 Å². The van der Waals surface area contributed by atoms with Gasteiger partial charge < -0.3 is 9.64 Å². The van der Waals surface area contributed by atoms with Crippen LogP contribution in [0.1, 0.15) is 92.3 Å². The maximum atomic E-state index is 9.18. The van der Waals surface area contributed by atoms with Crippen LogP contribution in [0.2, 0.25) is 0 Å². The summed E-state index contributed by atoms with van der Waals surface area (Å²) in [7, 11) is 2.22. The molecule has 1 aliphatic carbocycles. The van der Waals surface area contributed by atoms with Crippen LogP contribution in [0.4, 0.5) is 0 Å². The summed E-state index contributed by atoms with van der Waals surface area (Å²) in [6.45, 7) is 23.0. The van der Waals surface area contributed by atoms with Crippen molar-refractivity contribution in [2.45, 2.75) is 87.5 Å². The van der Waals surface area contributed by atoms with E-state index < -0.39 is 0 Å². The smallest absolute Gasteiger partial charge is 0.293 e. The average Bonchev–Trinajstić information content (AvgIpc) is 3.00. The van der Waals surface area contributed by atoms with E-state index in [1.807, 2.05) is 40.8 Å². The Bertz CT molecular complexity index is 759. The Hall–Kier alpha value is -1.91. The van der Waals surface area contributed by atoms with E-state index in [-0.39, 0.29) is 0 Å². The van der Waals surface area contributed by atoms with Gasteiger partial charge in [-0.25, -0.2) is 0 Å². The third-order valence-electron chi connectivity index (χ3n) is 5.48. The molecule has 2 aliphatic rings. The maximum Gasteiger partial charge on any atom is 0.293 e. The van der Waals surface area contributed by atoms with Crippen molar-refractivity contribution in [2.75, 3.05) is 26.7 Å². The van der Waals surface area contributed by atoms with Gasteiger partial charge in [-0.3, -0.25) is 9.78 Å². The van der Waals surface area contributed by atoms with E-state index in [1.165, 1.54) is 60.3 Å². The van der Waals surface area contributed by atoms with E-state index >= 15 is 0 Å². The lowest BCUT2D eigenvalue weighted by atomic mass is 9.89. The molecule has 0 N–H and O–H groups in total. The monoisotopic (exact) mass is 492 g/mol. The number of piperidine rings is 1. The molecule has 1 fully saturated rings. The second-order valence-electron chi connectivity index (χ2n) is 7.62. The summed E-state index contributed by atoms with van der Waals surface area (Å²) >= 11 is 5.27. The zero-order chi connectivity index (χ0) is 26.5. The van der Waals surface area contributed by atoms with E-state index in [0.717, 1.165) is 17.9 Å². The molecule has 0 atom stereocenters. The normalized spacial score (nSPS) is 14.8. The van der Waals surface area contributed by atoms with Crippen LogP contribution in [0.5, 0.6) is 0 Å². The molecular formula is C29H49ClN2O2. The molecule has 1 aromatic heterocycles. The third kappa shape index (κ3) is 13.1. The first-order chi connectivity index (χ1) is 16.3. The highest BCUT2D eigenvalue weighted by Crippen LogP contribution is 2.37. The van der Waals surface area contributed by atoms with E-state index in [4.69, 9.17) is 16.6 Å². The van der Waals surface area contributed by atoms with Crippen LogP contribution in [-0.4, -0.2) is 43.1 Å². The van der Waals surface area contributed by atoms with Gasteiger partial charge in [0.25, 0.3) is 6.47 Å². The van der Waals surface area contributed by atoms with Crippen molar-refractivity contribution in [1.29, 1.82) is 0 Å². The lowest BCUT2D eigenvalue weighted by molar-refractivity contribution is -0.128. The standard InChI is InChI=1S/C18H24N2.C4H7Cl.C3H6O2.2C2H6/c1-13-6-7-16-5-4-10-19-18(16)17(14(13)2)15-8-11-20(3)12-9-15;1-3-4(2)5;1-2-5-3-4;2*1-2/h4-5,10H,6-9,11-12H2,1-3H3;2-3H2,1H3;3H,2H2,1H3;2*1-2H3. The van der Waals surface area contributed by atoms with Crippen molar-refractivity contribution in [2.24, 2.45) is 0 Å². The molecule has 0 unspecified atom stereocenters. The van der Waals surface area contributed by atoms with Crippen LogP contribution >= 0.6 is 11.6 Å². The first kappa shape index (κ1) is 34.3. The number of carbonyl (C=O) groups excluding carboxylic acids is 1. The lowest BCUT2D eigenvalue weighted by Gasteiger charge is -2.27. The van der Waals surface area contributed by atoms with E-state index in [9.17, 15) is 4.79 Å². The van der Waals surface area contributed by atoms with Gasteiger partial charge in [-0.1, -0.05) is 70.0 Å². The van der Waals surface area contributed by atoms with Gasteiger partial charge in [-0.2, -0.15) is 0 Å². The topological polar surface area (TPSA) is 42.4 Å². The molecule has 0 aromatic carbocycles. The van der Waals surface area contributed by atoms with Crippen LogP contribution < -0.4 is 0 Å². The second kappa shape index (κ2) is 21.6. The number of aromatic nitrogens is 1. The molecular weight excluding hydrogens is 444 g/mol. The maximum absolute atomic E-state index is 9.18. The highest BCUT2D eigenvalue weighted by atomic mass is 35.5. The molecule has 1 saturated heterocycles. The third-order valence-corrected chi connectivity index (χ3v) is 5.74. The molecule has 4 nitrogen and oxygen atoms in total. The number of allylic oxidation sites excluding steroid dienone is 4. The van der Waals surface area contributed by atoms with Gasteiger partial charge in [0.15, 0.2) is 0 Å². The van der Waals surface area contributed by atoms with Crippen LogP contribution in [0, 0.1) is 0 Å². The van der Waals surface area contributed by atoms with Gasteiger partial charge in [0.05, 0.1) is 12.3 Å². The van der Waals surface area contributed by atoms with Gasteiger partial charge >= 0.3 is 0 Å². The average molecular weight is 493 g/mol. The summed E-state index contributed by atoms with van der Waals surface area (Å²) in [6.07, 6.45) is 7.49. The molecule has 3 rings (SSSR count). The number of ether oxygens (including phenoxy) is 1. The SMILES string of the molecule is C=C(Cl)CC.CC.CC.CC1=C(C)C(=C2CCN(C)CC2)c2ncccc2CC1.CCOC=O. The van der Waals surface area contributed by atoms with Crippen LogP contribution in [0.3, 0.4) is 0 Å². The fourth-order valence-corrected chi connectivity index (χ4v) is 3.41. The Morgan fingerprint density at radius 3 is 2.12 bits per heavy atom. The lowest BCUT2D eigenvalue weighted by Crippen LogP contribution is -2.27. The first-order valence-electron chi connectivity index (χ1n) is 12.8. The number of likely N-dealkylation sites (tertiary alicyclic amines) is 1. The van der Waals surface area contributed by atoms with E-state index in [0.29, 0.717) is 13.1 Å². The summed E-state index contributed by atoms with van der Waals surface area (Å²) in [5.41, 5.74) is 8.75. The molecule has 1 aromatic rings. The predicted octanol–water partition coefficient (Wildman–Crippen LogP) is 8.22. The van der Waals surface area contributed by atoms with Crippen molar-refractivity contribution in [3.05, 3.63) is 57.9 Å². The number of hydrogen-bond acceptors (Lipinski definition) is 4. The summed E-state index contributed by atoms with van der Waals surface area (Å²) < 4.78 is 4.15. The zero-order valence-electron chi connectivity index (χ0n) is 23.3. The summed E-state index contributed by atoms with van der Waals surface area (Å²) in [5, 5.41) is 0.727. The fourth-order valence-electron chi connectivity index (χ4n) is 3.41. The van der Waals surface area contributed by atoms with Gasteiger partial charge in [0, 0.05) is 29.9 Å². The number of nitrogens with zero attached hydrogens (tertiary/aromatic N) is 2. The Labute approximate surface area is 215 Å². The molecule has 0 amide bonds. The number of fused-ring (bicyclic) bond motifs is 1. The minimum Gasteiger partial charge on any atom is -0.468 e. The number of aryl methyl sites for hydroxylation is 1. The molecule has 194 valence electrons. The zero-order valence-corrected chi connectivity index (χ0v) is 24.0. The molecule has 0 bridgehead atoms. The summed E-state index contributed by atoms with van der Waals surface area (Å²) in [6, 6.07) is 4.33. The predicted molar refractivity (Wildman–Crippen MR) is 150 cm³/mol. The number of rotatable bonds is 3. The van der Waals surface area contributed by atoms with E-state index in [2.05, 4.69) is 49.2 Å². The van der Waals surface area contributed by atoms with Crippen LogP contribution in [-0.2, 0) is 16.0 Å². The van der Waals surface area contributed by atoms with Crippen molar-refractivity contribution in [1.82, 2.24) is 9.88 Å². The first-order valence-corrected chi connectivity index (χ1v) is 13.1. The molecule has 1 aliphatic heterocycles. The van der Waals surface area contributed by atoms with E-state index in [1.54, 1.807) is 12.5 Å². The molecule has 0 spiro atoms. The molecule has 2 heterocycles. The Kier molecular flexibility index (Phi) is 21.8. The highest BCUT2D eigenvalue weighted by Gasteiger charge is 2.22. The van der Waals surface area contributed by atoms with Gasteiger partial charge in [-0.15, -0.1) is 0 Å². The molecule has 0 saturated carbocycles. The van der Waals surface area contributed by atoms with Crippen molar-refractivity contribution < 1.29 is 9.53 Å². The number of halogens is 1. The molecule has 5 heteroatoms. The van der Waals surface area contributed by atoms with Crippen molar-refractivity contribution >= 4 is 23.6 Å². The minimum atomic E-state index is 0.431. The quantitative estimate of drug-likeness (QED) is 0.398. The second-order valence-corrected chi connectivity index (χ2v) is 8.16. The van der Waals surface area contributed by atoms with Gasteiger partial charge in [0.1, 0.15) is 0 Å². The summed E-state index contributed by atoms with van der Waals surface area (Å²) in [4.78, 5) is 16.3. The van der Waals surface area contributed by atoms with Gasteiger partial charge in [-0.05, 0) is 77.1 Å². The van der Waals surface area contributed by atoms with Crippen molar-refractivity contribution in [3.8, 4) is 0 Å². The number of carbonyl (C=O) groups is 1. The number of hydrogen-bond donors (Lipinski definition) is 0. The molecule has 34 heavy (non-hydrogen) atoms. The Morgan fingerprint density at radius 1 is 1.12 bits per heavy atom. The Balaban J connectivity index is 0. The fraction of sp³-hybridized carbons (Fsp3) is 0.586. The minimum absolute atomic E-state index is 0.431. The summed E-state index contributed by atoms with van der Waals surface area (Å²) in [5.74, 6) is 0. The largest absolute Gasteiger partial charge is 0.468 e. The number of pyridine rings is 1. The van der Waals surface area contributed by atoms with Gasteiger partial charge in [0.2, 0.25) is 0 Å². The highest BCUT2D eigenvalue weighted by molar-refractivity contribution is 6.29. The van der Waals surface area contributed by atoms with Crippen LogP contribution in [0.25, 0.3) is 5.57 Å². The van der Waals surface area contributed by atoms with Crippen molar-refractivity contribution in [3.63, 3.8) is 0 Å². The molecule has 0 radical (unpaired) electrons.